The van der Waals surface area contributed by atoms with Gasteiger partial charge in [-0.3, -0.25) is 4.90 Å². The fraction of sp³-hybridized carbons (Fsp3) is 0.625. The highest BCUT2D eigenvalue weighted by Crippen LogP contribution is 2.34. The lowest BCUT2D eigenvalue weighted by Gasteiger charge is -2.38. The van der Waals surface area contributed by atoms with Crippen LogP contribution in [0.1, 0.15) is 39.2 Å². The van der Waals surface area contributed by atoms with Gasteiger partial charge in [-0.15, -0.1) is 0 Å². The average Bonchev–Trinajstić information content (AvgIpc) is 2.37. The molecule has 0 amide bonds. The third kappa shape index (κ3) is 4.53. The first-order valence-corrected chi connectivity index (χ1v) is 7.63. The van der Waals surface area contributed by atoms with E-state index >= 15 is 0 Å². The van der Waals surface area contributed by atoms with Crippen molar-refractivity contribution < 1.29 is 14.4 Å². The Morgan fingerprint density at radius 1 is 1.19 bits per heavy atom. The molecule has 0 aromatic heterocycles. The van der Waals surface area contributed by atoms with Gasteiger partial charge in [-0.1, -0.05) is 26.8 Å². The second kappa shape index (κ2) is 6.47. The molecule has 1 aromatic rings. The van der Waals surface area contributed by atoms with E-state index in [1.54, 1.807) is 6.07 Å². The van der Waals surface area contributed by atoms with Crippen LogP contribution in [-0.4, -0.2) is 35.2 Å². The Hall–Kier alpha value is -0.905. The van der Waals surface area contributed by atoms with Crippen molar-refractivity contribution in [3.63, 3.8) is 0 Å². The molecule has 21 heavy (non-hydrogen) atoms. The summed E-state index contributed by atoms with van der Waals surface area (Å²) in [5.41, 5.74) is 1.36. The Morgan fingerprint density at radius 3 is 2.33 bits per heavy atom. The maximum absolute atomic E-state index is 13.5. The molecule has 0 saturated carbocycles. The molecule has 2 N–H and O–H groups in total. The summed E-state index contributed by atoms with van der Waals surface area (Å²) in [6, 6.07) is 4.31. The lowest BCUT2D eigenvalue weighted by molar-refractivity contribution is 0.108. The van der Waals surface area contributed by atoms with Gasteiger partial charge in [0.25, 0.3) is 0 Å². The molecule has 116 valence electrons. The fourth-order valence-electron chi connectivity index (χ4n) is 3.13. The number of hydrogen-bond donors (Lipinski definition) is 2. The first-order valence-electron chi connectivity index (χ1n) is 7.63. The molecule has 0 spiro atoms. The van der Waals surface area contributed by atoms with Crippen molar-refractivity contribution >= 4 is 12.6 Å². The van der Waals surface area contributed by atoms with Gasteiger partial charge in [-0.2, -0.15) is 0 Å². The average molecular weight is 293 g/mol. The molecular weight excluding hydrogens is 268 g/mol. The Kier molecular flexibility index (Phi) is 5.07. The highest BCUT2D eigenvalue weighted by molar-refractivity contribution is 6.58. The number of piperidine rings is 1. The van der Waals surface area contributed by atoms with Crippen LogP contribution in [0.5, 0.6) is 0 Å². The van der Waals surface area contributed by atoms with Crippen molar-refractivity contribution in [1.82, 2.24) is 4.90 Å². The van der Waals surface area contributed by atoms with E-state index in [0.717, 1.165) is 37.4 Å². The molecule has 1 aromatic carbocycles. The summed E-state index contributed by atoms with van der Waals surface area (Å²) in [5.74, 6) is 0.316. The maximum atomic E-state index is 13.5. The molecule has 1 saturated heterocycles. The second-order valence-electron chi connectivity index (χ2n) is 7.18. The summed E-state index contributed by atoms with van der Waals surface area (Å²) in [4.78, 5) is 2.31. The van der Waals surface area contributed by atoms with Crippen LogP contribution in [0.2, 0.25) is 0 Å². The van der Waals surface area contributed by atoms with Crippen molar-refractivity contribution in [1.29, 1.82) is 0 Å². The quantitative estimate of drug-likeness (QED) is 0.835. The Morgan fingerprint density at radius 2 is 1.81 bits per heavy atom. The van der Waals surface area contributed by atoms with E-state index in [1.807, 2.05) is 0 Å². The highest BCUT2D eigenvalue weighted by atomic mass is 19.1. The minimum Gasteiger partial charge on any atom is -0.423 e. The second-order valence-corrected chi connectivity index (χ2v) is 7.18. The van der Waals surface area contributed by atoms with E-state index in [1.165, 1.54) is 12.1 Å². The first kappa shape index (κ1) is 16.5. The molecule has 3 nitrogen and oxygen atoms in total. The summed E-state index contributed by atoms with van der Waals surface area (Å²) in [6.45, 7) is 9.54. The Bertz CT molecular complexity index is 480. The monoisotopic (exact) mass is 293 g/mol. The Balaban J connectivity index is 1.98. The predicted octanol–water partition coefficient (Wildman–Crippen LogP) is 1.76. The van der Waals surface area contributed by atoms with Gasteiger partial charge in [0.1, 0.15) is 5.82 Å². The molecule has 2 rings (SSSR count). The molecule has 1 aliphatic heterocycles. The predicted molar refractivity (Wildman–Crippen MR) is 83.7 cm³/mol. The van der Waals surface area contributed by atoms with Crippen molar-refractivity contribution in [2.24, 2.45) is 11.3 Å². The molecule has 0 bridgehead atoms. The van der Waals surface area contributed by atoms with E-state index in [4.69, 9.17) is 0 Å². The third-order valence-electron chi connectivity index (χ3n) is 4.50. The first-order chi connectivity index (χ1) is 9.75. The number of nitrogens with zero attached hydrogens (tertiary/aromatic N) is 1. The van der Waals surface area contributed by atoms with Crippen LogP contribution in [0.25, 0.3) is 0 Å². The highest BCUT2D eigenvalue weighted by Gasteiger charge is 2.28. The lowest BCUT2D eigenvalue weighted by atomic mass is 9.75. The largest absolute Gasteiger partial charge is 0.488 e. The molecule has 1 fully saturated rings. The minimum absolute atomic E-state index is 0.217. The number of hydrogen-bond acceptors (Lipinski definition) is 3. The zero-order chi connectivity index (χ0) is 15.6. The van der Waals surface area contributed by atoms with Crippen LogP contribution >= 0.6 is 0 Å². The van der Waals surface area contributed by atoms with E-state index < -0.39 is 12.9 Å². The van der Waals surface area contributed by atoms with E-state index in [0.29, 0.717) is 12.0 Å². The number of rotatable bonds is 3. The third-order valence-corrected chi connectivity index (χ3v) is 4.50. The normalized spacial score (nSPS) is 18.0. The van der Waals surface area contributed by atoms with Crippen molar-refractivity contribution in [3.8, 4) is 0 Å². The van der Waals surface area contributed by atoms with Crippen molar-refractivity contribution in [3.05, 3.63) is 29.6 Å². The maximum Gasteiger partial charge on any atom is 0.488 e. The summed E-state index contributed by atoms with van der Waals surface area (Å²) < 4.78 is 13.5. The van der Waals surface area contributed by atoms with Gasteiger partial charge >= 0.3 is 7.12 Å². The van der Waals surface area contributed by atoms with Gasteiger partial charge in [0.05, 0.1) is 0 Å². The van der Waals surface area contributed by atoms with Crippen LogP contribution in [0.3, 0.4) is 0 Å². The summed E-state index contributed by atoms with van der Waals surface area (Å²) in [7, 11) is -1.62. The summed E-state index contributed by atoms with van der Waals surface area (Å²) >= 11 is 0. The van der Waals surface area contributed by atoms with Gasteiger partial charge < -0.3 is 10.0 Å². The van der Waals surface area contributed by atoms with Gasteiger partial charge in [0.2, 0.25) is 0 Å². The fourth-order valence-corrected chi connectivity index (χ4v) is 3.13. The zero-order valence-corrected chi connectivity index (χ0v) is 13.1. The number of benzene rings is 1. The number of halogens is 1. The van der Waals surface area contributed by atoms with Crippen LogP contribution in [0, 0.1) is 17.2 Å². The van der Waals surface area contributed by atoms with Crippen LogP contribution in [0.15, 0.2) is 18.2 Å². The lowest BCUT2D eigenvalue weighted by Crippen LogP contribution is -2.38. The van der Waals surface area contributed by atoms with Gasteiger partial charge in [0.15, 0.2) is 0 Å². The Labute approximate surface area is 126 Å². The standard InChI is InChI=1S/C16H25BFNO2/c1-16(2,3)13-4-6-19(7-5-13)11-12-8-14(17(20)21)10-15(18)9-12/h8-10,13,20-21H,4-7,11H2,1-3H3. The molecule has 1 heterocycles. The molecule has 0 aliphatic carbocycles. The van der Waals surface area contributed by atoms with Crippen LogP contribution in [0.4, 0.5) is 4.39 Å². The molecule has 0 unspecified atom stereocenters. The number of likely N-dealkylation sites (tertiary alicyclic amines) is 1. The minimum atomic E-state index is -1.62. The van der Waals surface area contributed by atoms with Gasteiger partial charge in [-0.05, 0) is 60.4 Å². The van der Waals surface area contributed by atoms with Crippen molar-refractivity contribution in [2.45, 2.75) is 40.2 Å². The van der Waals surface area contributed by atoms with Crippen LogP contribution < -0.4 is 5.46 Å². The SMILES string of the molecule is CC(C)(C)C1CCN(Cc2cc(F)cc(B(O)O)c2)CC1. The van der Waals surface area contributed by atoms with Crippen LogP contribution in [-0.2, 0) is 6.54 Å². The molecule has 0 atom stereocenters. The zero-order valence-electron chi connectivity index (χ0n) is 13.1. The van der Waals surface area contributed by atoms with E-state index in [-0.39, 0.29) is 5.46 Å². The van der Waals surface area contributed by atoms with E-state index in [9.17, 15) is 14.4 Å². The topological polar surface area (TPSA) is 43.7 Å². The molecule has 1 aliphatic rings. The molecular formula is C16H25BFNO2. The summed E-state index contributed by atoms with van der Waals surface area (Å²) in [6.07, 6.45) is 2.32. The van der Waals surface area contributed by atoms with E-state index in [2.05, 4.69) is 25.7 Å². The van der Waals surface area contributed by atoms with Crippen molar-refractivity contribution in [2.75, 3.05) is 13.1 Å². The smallest absolute Gasteiger partial charge is 0.423 e. The molecule has 0 radical (unpaired) electrons. The van der Waals surface area contributed by atoms with Gasteiger partial charge in [-0.25, -0.2) is 4.39 Å². The molecule has 5 heteroatoms. The summed E-state index contributed by atoms with van der Waals surface area (Å²) in [5, 5.41) is 18.4. The van der Waals surface area contributed by atoms with Gasteiger partial charge in [0, 0.05) is 6.54 Å².